The smallest absolute Gasteiger partial charge is 0.410 e. The molecule has 2 heterocycles. The highest BCUT2D eigenvalue weighted by molar-refractivity contribution is 5.67. The molecule has 1 amide bonds. The maximum Gasteiger partial charge on any atom is 0.410 e. The van der Waals surface area contributed by atoms with Crippen LogP contribution in [0.3, 0.4) is 0 Å². The maximum absolute atomic E-state index is 11.8. The molecule has 0 atom stereocenters. The van der Waals surface area contributed by atoms with Gasteiger partial charge in [-0.25, -0.2) is 14.8 Å². The van der Waals surface area contributed by atoms with Crippen LogP contribution in [0.25, 0.3) is 0 Å². The van der Waals surface area contributed by atoms with Crippen LogP contribution in [0.1, 0.15) is 32.3 Å². The Morgan fingerprint density at radius 1 is 1.27 bits per heavy atom. The molecule has 1 aliphatic rings. The van der Waals surface area contributed by atoms with Crippen LogP contribution in [0.5, 0.6) is 11.8 Å². The Labute approximate surface area is 130 Å². The van der Waals surface area contributed by atoms with Crippen molar-refractivity contribution < 1.29 is 19.0 Å². The topological polar surface area (TPSA) is 73.8 Å². The van der Waals surface area contributed by atoms with Crippen LogP contribution in [-0.2, 0) is 4.74 Å². The fourth-order valence-electron chi connectivity index (χ4n) is 2.33. The average Bonchev–Trinajstić information content (AvgIpc) is 2.49. The summed E-state index contributed by atoms with van der Waals surface area (Å²) < 4.78 is 16.3. The largest absolute Gasteiger partial charge is 0.481 e. The molecule has 0 aromatic carbocycles. The number of carbonyl (C=O) groups excluding carboxylic acids is 1. The highest BCUT2D eigenvalue weighted by Crippen LogP contribution is 2.25. The van der Waals surface area contributed by atoms with Gasteiger partial charge in [-0.2, -0.15) is 0 Å². The quantitative estimate of drug-likeness (QED) is 0.848. The lowest BCUT2D eigenvalue weighted by molar-refractivity contribution is 0.0505. The van der Waals surface area contributed by atoms with E-state index in [4.69, 9.17) is 14.2 Å². The number of carbonyl (C=O) groups is 1. The minimum Gasteiger partial charge on any atom is -0.481 e. The van der Waals surface area contributed by atoms with E-state index in [-0.39, 0.29) is 18.3 Å². The maximum atomic E-state index is 11.8. The molecule has 0 spiro atoms. The summed E-state index contributed by atoms with van der Waals surface area (Å²) in [6.07, 6.45) is 2.60. The molecule has 1 saturated heterocycles. The fraction of sp³-hybridized carbons (Fsp3) is 0.667. The summed E-state index contributed by atoms with van der Waals surface area (Å²) in [6.45, 7) is 6.80. The molecule has 0 bridgehead atoms. The normalized spacial score (nSPS) is 15.8. The second-order valence-corrected chi connectivity index (χ2v) is 5.55. The zero-order valence-corrected chi connectivity index (χ0v) is 13.5. The third-order valence-corrected chi connectivity index (χ3v) is 3.50. The van der Waals surface area contributed by atoms with Gasteiger partial charge in [0.05, 0.1) is 18.8 Å². The number of nitrogens with zero attached hydrogens (tertiary/aromatic N) is 3. The molecule has 0 aliphatic carbocycles. The predicted molar refractivity (Wildman–Crippen MR) is 80.2 cm³/mol. The number of amides is 1. The molecule has 1 aromatic heterocycles. The minimum absolute atomic E-state index is 0.0291. The SMILES string of the molecule is COc1ncnc(OC2CCN(C(=O)OC(C)C)CC2)c1C. The van der Waals surface area contributed by atoms with E-state index in [0.29, 0.717) is 24.8 Å². The molecule has 7 heteroatoms. The number of rotatable bonds is 4. The number of likely N-dealkylation sites (tertiary alicyclic amines) is 1. The summed E-state index contributed by atoms with van der Waals surface area (Å²) in [5.74, 6) is 1.05. The van der Waals surface area contributed by atoms with Gasteiger partial charge in [-0.1, -0.05) is 0 Å². The van der Waals surface area contributed by atoms with Crippen molar-refractivity contribution in [2.75, 3.05) is 20.2 Å². The van der Waals surface area contributed by atoms with Gasteiger partial charge in [-0.15, -0.1) is 0 Å². The van der Waals surface area contributed by atoms with E-state index >= 15 is 0 Å². The van der Waals surface area contributed by atoms with E-state index in [0.717, 1.165) is 18.4 Å². The summed E-state index contributed by atoms with van der Waals surface area (Å²) in [5, 5.41) is 0. The molecule has 0 unspecified atom stereocenters. The molecule has 0 saturated carbocycles. The summed E-state index contributed by atoms with van der Waals surface area (Å²) in [7, 11) is 1.57. The van der Waals surface area contributed by atoms with Gasteiger partial charge in [-0.05, 0) is 20.8 Å². The molecule has 1 aliphatic heterocycles. The van der Waals surface area contributed by atoms with E-state index in [2.05, 4.69) is 9.97 Å². The number of ether oxygens (including phenoxy) is 3. The van der Waals surface area contributed by atoms with E-state index in [1.54, 1.807) is 12.0 Å². The molecular formula is C15H23N3O4. The van der Waals surface area contributed by atoms with E-state index in [9.17, 15) is 4.79 Å². The molecular weight excluding hydrogens is 286 g/mol. The second-order valence-electron chi connectivity index (χ2n) is 5.55. The first kappa shape index (κ1) is 16.3. The van der Waals surface area contributed by atoms with Crippen molar-refractivity contribution in [1.29, 1.82) is 0 Å². The third-order valence-electron chi connectivity index (χ3n) is 3.50. The molecule has 0 N–H and O–H groups in total. The van der Waals surface area contributed by atoms with Gasteiger partial charge in [0, 0.05) is 25.9 Å². The van der Waals surface area contributed by atoms with Crippen LogP contribution in [0, 0.1) is 6.92 Å². The molecule has 122 valence electrons. The van der Waals surface area contributed by atoms with Crippen LogP contribution < -0.4 is 9.47 Å². The van der Waals surface area contributed by atoms with Crippen LogP contribution >= 0.6 is 0 Å². The van der Waals surface area contributed by atoms with E-state index in [1.165, 1.54) is 6.33 Å². The zero-order chi connectivity index (χ0) is 16.1. The Morgan fingerprint density at radius 3 is 2.50 bits per heavy atom. The Balaban J connectivity index is 1.89. The standard InChI is InChI=1S/C15H23N3O4/c1-10(2)21-15(19)18-7-5-12(6-8-18)22-14-11(3)13(20-4)16-9-17-14/h9-10,12H,5-8H2,1-4H3. The van der Waals surface area contributed by atoms with Crippen molar-refractivity contribution in [1.82, 2.24) is 14.9 Å². The average molecular weight is 309 g/mol. The van der Waals surface area contributed by atoms with E-state index in [1.807, 2.05) is 20.8 Å². The van der Waals surface area contributed by atoms with Crippen molar-refractivity contribution in [3.63, 3.8) is 0 Å². The monoisotopic (exact) mass is 309 g/mol. The lowest BCUT2D eigenvalue weighted by atomic mass is 10.1. The van der Waals surface area contributed by atoms with Gasteiger partial charge in [0.15, 0.2) is 0 Å². The summed E-state index contributed by atoms with van der Waals surface area (Å²) in [4.78, 5) is 21.7. The van der Waals surface area contributed by atoms with Crippen LogP contribution in [0.15, 0.2) is 6.33 Å². The Morgan fingerprint density at radius 2 is 1.91 bits per heavy atom. The Kier molecular flexibility index (Phi) is 5.41. The van der Waals surface area contributed by atoms with Gasteiger partial charge < -0.3 is 19.1 Å². The van der Waals surface area contributed by atoms with Crippen molar-refractivity contribution in [3.05, 3.63) is 11.9 Å². The van der Waals surface area contributed by atoms with Gasteiger partial charge in [0.25, 0.3) is 0 Å². The first-order valence-electron chi connectivity index (χ1n) is 7.49. The number of methoxy groups -OCH3 is 1. The first-order valence-corrected chi connectivity index (χ1v) is 7.49. The fourth-order valence-corrected chi connectivity index (χ4v) is 2.33. The van der Waals surface area contributed by atoms with Gasteiger partial charge in [0.1, 0.15) is 12.4 Å². The second kappa shape index (κ2) is 7.29. The zero-order valence-electron chi connectivity index (χ0n) is 13.5. The predicted octanol–water partition coefficient (Wildman–Crippen LogP) is 2.18. The van der Waals surface area contributed by atoms with Crippen molar-refractivity contribution in [3.8, 4) is 11.8 Å². The number of aromatic nitrogens is 2. The van der Waals surface area contributed by atoms with Gasteiger partial charge in [-0.3, -0.25) is 0 Å². The number of hydrogen-bond donors (Lipinski definition) is 0. The molecule has 2 rings (SSSR count). The van der Waals surface area contributed by atoms with Gasteiger partial charge in [0.2, 0.25) is 11.8 Å². The summed E-state index contributed by atoms with van der Waals surface area (Å²) >= 11 is 0. The van der Waals surface area contributed by atoms with Crippen molar-refractivity contribution in [2.24, 2.45) is 0 Å². The minimum atomic E-state index is -0.256. The first-order chi connectivity index (χ1) is 10.5. The van der Waals surface area contributed by atoms with Crippen LogP contribution in [-0.4, -0.2) is 53.4 Å². The molecule has 1 fully saturated rings. The molecule has 22 heavy (non-hydrogen) atoms. The van der Waals surface area contributed by atoms with Crippen molar-refractivity contribution >= 4 is 6.09 Å². The number of piperidine rings is 1. The van der Waals surface area contributed by atoms with Crippen LogP contribution in [0.2, 0.25) is 0 Å². The number of hydrogen-bond acceptors (Lipinski definition) is 6. The van der Waals surface area contributed by atoms with Gasteiger partial charge >= 0.3 is 6.09 Å². The van der Waals surface area contributed by atoms with E-state index < -0.39 is 0 Å². The summed E-state index contributed by atoms with van der Waals surface area (Å²) in [5.41, 5.74) is 0.784. The highest BCUT2D eigenvalue weighted by atomic mass is 16.6. The highest BCUT2D eigenvalue weighted by Gasteiger charge is 2.26. The Bertz CT molecular complexity index is 514. The molecule has 1 aromatic rings. The summed E-state index contributed by atoms with van der Waals surface area (Å²) in [6, 6.07) is 0. The Hall–Kier alpha value is -2.05. The lowest BCUT2D eigenvalue weighted by Gasteiger charge is -2.31. The molecule has 0 radical (unpaired) electrons. The van der Waals surface area contributed by atoms with Crippen molar-refractivity contribution in [2.45, 2.75) is 45.8 Å². The molecule has 7 nitrogen and oxygen atoms in total. The van der Waals surface area contributed by atoms with Crippen LogP contribution in [0.4, 0.5) is 4.79 Å². The third kappa shape index (κ3) is 3.99. The lowest BCUT2D eigenvalue weighted by Crippen LogP contribution is -2.42.